The first-order chi connectivity index (χ1) is 21.5. The first-order valence-electron chi connectivity index (χ1n) is 13.5. The molecule has 0 atom stereocenters. The molecule has 44 heavy (non-hydrogen) atoms. The number of nitrogens with zero attached hydrogens (tertiary/aromatic N) is 5. The van der Waals surface area contributed by atoms with Gasteiger partial charge in [0.15, 0.2) is 5.82 Å². The third kappa shape index (κ3) is 5.95. The molecule has 3 aromatic carbocycles. The van der Waals surface area contributed by atoms with Crippen molar-refractivity contribution in [2.45, 2.75) is 6.61 Å². The molecule has 0 fully saturated rings. The lowest BCUT2D eigenvalue weighted by Crippen LogP contribution is -2.23. The minimum absolute atomic E-state index is 0.226. The Hall–Kier alpha value is -4.54. The van der Waals surface area contributed by atoms with Gasteiger partial charge in [0.1, 0.15) is 18.1 Å². The van der Waals surface area contributed by atoms with Gasteiger partial charge in [-0.1, -0.05) is 64.9 Å². The van der Waals surface area contributed by atoms with Gasteiger partial charge in [-0.2, -0.15) is 14.6 Å². The largest absolute Gasteiger partial charge is 0.489 e. The summed E-state index contributed by atoms with van der Waals surface area (Å²) in [6.07, 6.45) is 7.52. The summed E-state index contributed by atoms with van der Waals surface area (Å²) in [6.45, 7) is 0.309. The zero-order valence-electron chi connectivity index (χ0n) is 22.8. The van der Waals surface area contributed by atoms with Crippen LogP contribution in [0.5, 0.6) is 5.75 Å². The number of thiophene rings is 1. The smallest absolute Gasteiger partial charge is 0.291 e. The van der Waals surface area contributed by atoms with Crippen molar-refractivity contribution in [1.82, 2.24) is 24.4 Å². The quantitative estimate of drug-likeness (QED) is 0.168. The summed E-state index contributed by atoms with van der Waals surface area (Å²) in [7, 11) is 0. The first kappa shape index (κ1) is 28.2. The van der Waals surface area contributed by atoms with E-state index in [9.17, 15) is 4.79 Å². The van der Waals surface area contributed by atoms with E-state index in [2.05, 4.69) is 10.1 Å². The van der Waals surface area contributed by atoms with E-state index in [-0.39, 0.29) is 5.56 Å². The molecule has 4 aromatic heterocycles. The molecule has 7 rings (SSSR count). The zero-order chi connectivity index (χ0) is 30.0. The standard InChI is InChI=1S/C33H21Cl2N5O2S2/c34-24-11-8-22(28(35)18-24)20-42-26-12-9-21(10-13-26)31-23(19-39(38-31)25-5-2-1-3-6-25)17-29-32(41)40-33(44-29)36-30(37-40)15-14-27-7-4-16-43-27/h1-19H,20H2/b15-14+,29-17-. The van der Waals surface area contributed by atoms with Gasteiger partial charge >= 0.3 is 0 Å². The SMILES string of the molecule is O=c1/c(=C/c2cn(-c3ccccc3)nc2-c2ccc(OCc3ccc(Cl)cc3Cl)cc2)sc2nc(/C=C/c3cccs3)nn12. The molecular weight excluding hydrogens is 633 g/mol. The number of fused-ring (bicyclic) bond motifs is 1. The van der Waals surface area contributed by atoms with Crippen LogP contribution in [0.3, 0.4) is 0 Å². The number of rotatable bonds is 8. The highest BCUT2D eigenvalue weighted by Gasteiger charge is 2.14. The molecule has 0 saturated carbocycles. The molecule has 0 spiro atoms. The molecule has 216 valence electrons. The van der Waals surface area contributed by atoms with E-state index in [1.54, 1.807) is 23.5 Å². The second-order valence-electron chi connectivity index (χ2n) is 9.69. The fourth-order valence-electron chi connectivity index (χ4n) is 4.54. The lowest BCUT2D eigenvalue weighted by atomic mass is 10.1. The van der Waals surface area contributed by atoms with Crippen LogP contribution in [0.2, 0.25) is 10.0 Å². The molecule has 0 bridgehead atoms. The highest BCUT2D eigenvalue weighted by Crippen LogP contribution is 2.28. The Morgan fingerprint density at radius 1 is 0.909 bits per heavy atom. The molecule has 7 nitrogen and oxygen atoms in total. The number of thiazole rings is 1. The second kappa shape index (κ2) is 12.2. The van der Waals surface area contributed by atoms with Crippen LogP contribution >= 0.6 is 45.9 Å². The molecule has 11 heteroatoms. The maximum absolute atomic E-state index is 13.3. The Balaban J connectivity index is 1.21. The topological polar surface area (TPSA) is 74.3 Å². The molecular formula is C33H21Cl2N5O2S2. The van der Waals surface area contributed by atoms with E-state index in [1.807, 2.05) is 107 Å². The van der Waals surface area contributed by atoms with Gasteiger partial charge in [0, 0.05) is 37.8 Å². The van der Waals surface area contributed by atoms with Gasteiger partial charge in [0.05, 0.1) is 10.2 Å². The Bertz CT molecular complexity index is 2220. The molecule has 4 heterocycles. The van der Waals surface area contributed by atoms with E-state index >= 15 is 0 Å². The van der Waals surface area contributed by atoms with E-state index in [1.165, 1.54) is 15.9 Å². The number of halogens is 2. The van der Waals surface area contributed by atoms with E-state index in [0.29, 0.717) is 37.7 Å². The maximum Gasteiger partial charge on any atom is 0.291 e. The van der Waals surface area contributed by atoms with Gasteiger partial charge in [0.25, 0.3) is 5.56 Å². The average molecular weight is 655 g/mol. The minimum atomic E-state index is -0.226. The number of benzene rings is 3. The minimum Gasteiger partial charge on any atom is -0.489 e. The molecule has 0 unspecified atom stereocenters. The lowest BCUT2D eigenvalue weighted by Gasteiger charge is -2.09. The fraction of sp³-hybridized carbons (Fsp3) is 0.0303. The summed E-state index contributed by atoms with van der Waals surface area (Å²) in [5, 5.41) is 12.5. The molecule has 0 amide bonds. The third-order valence-electron chi connectivity index (χ3n) is 6.73. The van der Waals surface area contributed by atoms with Gasteiger partial charge < -0.3 is 4.74 Å². The summed E-state index contributed by atoms with van der Waals surface area (Å²) in [5.41, 5.74) is 3.90. The van der Waals surface area contributed by atoms with E-state index in [4.69, 9.17) is 33.0 Å². The highest BCUT2D eigenvalue weighted by atomic mass is 35.5. The van der Waals surface area contributed by atoms with E-state index < -0.39 is 0 Å². The van der Waals surface area contributed by atoms with Crippen molar-refractivity contribution in [2.75, 3.05) is 0 Å². The second-order valence-corrected chi connectivity index (χ2v) is 12.5. The van der Waals surface area contributed by atoms with Gasteiger partial charge in [-0.25, -0.2) is 4.68 Å². The number of hydrogen-bond acceptors (Lipinski definition) is 7. The maximum atomic E-state index is 13.3. The van der Waals surface area contributed by atoms with Crippen molar-refractivity contribution in [3.8, 4) is 22.7 Å². The Labute approximate surface area is 269 Å². The monoisotopic (exact) mass is 653 g/mol. The summed E-state index contributed by atoms with van der Waals surface area (Å²) in [5.74, 6) is 1.18. The summed E-state index contributed by atoms with van der Waals surface area (Å²) in [4.78, 5) is 19.5. The van der Waals surface area contributed by atoms with Crippen molar-refractivity contribution in [3.63, 3.8) is 0 Å². The molecule has 0 aliphatic carbocycles. The molecule has 0 aliphatic heterocycles. The average Bonchev–Trinajstić information content (AvgIpc) is 3.84. The van der Waals surface area contributed by atoms with Crippen molar-refractivity contribution < 1.29 is 4.74 Å². The summed E-state index contributed by atoms with van der Waals surface area (Å²) >= 11 is 15.2. The molecule has 7 aromatic rings. The predicted octanol–water partition coefficient (Wildman–Crippen LogP) is 7.67. The summed E-state index contributed by atoms with van der Waals surface area (Å²) in [6, 6.07) is 26.8. The van der Waals surface area contributed by atoms with Crippen molar-refractivity contribution >= 4 is 69.1 Å². The van der Waals surface area contributed by atoms with Crippen LogP contribution < -0.4 is 14.8 Å². The van der Waals surface area contributed by atoms with Crippen LogP contribution in [0.15, 0.2) is 101 Å². The number of para-hydroxylation sites is 1. The zero-order valence-corrected chi connectivity index (χ0v) is 25.9. The van der Waals surface area contributed by atoms with Gasteiger partial charge in [-0.3, -0.25) is 4.79 Å². The predicted molar refractivity (Wildman–Crippen MR) is 179 cm³/mol. The Morgan fingerprint density at radius 2 is 1.75 bits per heavy atom. The van der Waals surface area contributed by atoms with Crippen LogP contribution in [0, 0.1) is 0 Å². The van der Waals surface area contributed by atoms with Crippen molar-refractivity contribution in [3.05, 3.63) is 143 Å². The van der Waals surface area contributed by atoms with E-state index in [0.717, 1.165) is 32.9 Å². The van der Waals surface area contributed by atoms with Crippen LogP contribution in [-0.4, -0.2) is 24.4 Å². The molecule has 0 radical (unpaired) electrons. The van der Waals surface area contributed by atoms with Crippen molar-refractivity contribution in [1.29, 1.82) is 0 Å². The number of ether oxygens (including phenoxy) is 1. The number of aromatic nitrogens is 5. The fourth-order valence-corrected chi connectivity index (χ4v) is 6.53. The van der Waals surface area contributed by atoms with Crippen LogP contribution in [0.4, 0.5) is 0 Å². The Kier molecular flexibility index (Phi) is 7.84. The third-order valence-corrected chi connectivity index (χ3v) is 9.11. The first-order valence-corrected chi connectivity index (χ1v) is 15.9. The van der Waals surface area contributed by atoms with Crippen LogP contribution in [0.25, 0.3) is 40.1 Å². The van der Waals surface area contributed by atoms with Crippen molar-refractivity contribution in [2.24, 2.45) is 0 Å². The molecule has 0 saturated heterocycles. The summed E-state index contributed by atoms with van der Waals surface area (Å²) < 4.78 is 9.65. The molecule has 0 N–H and O–H groups in total. The lowest BCUT2D eigenvalue weighted by molar-refractivity contribution is 0.306. The van der Waals surface area contributed by atoms with Crippen LogP contribution in [-0.2, 0) is 6.61 Å². The number of hydrogen-bond donors (Lipinski definition) is 0. The van der Waals surface area contributed by atoms with Gasteiger partial charge in [0.2, 0.25) is 4.96 Å². The highest BCUT2D eigenvalue weighted by molar-refractivity contribution is 7.15. The van der Waals surface area contributed by atoms with Gasteiger partial charge in [-0.15, -0.1) is 16.4 Å². The van der Waals surface area contributed by atoms with Gasteiger partial charge in [-0.05, 0) is 78.2 Å². The Morgan fingerprint density at radius 3 is 2.50 bits per heavy atom. The van der Waals surface area contributed by atoms with Crippen LogP contribution in [0.1, 0.15) is 21.8 Å². The normalized spacial score (nSPS) is 12.1. The molecule has 0 aliphatic rings.